The molecule has 1 aromatic heterocycles. The molecule has 1 aromatic carbocycles. The Bertz CT molecular complexity index is 683. The van der Waals surface area contributed by atoms with E-state index >= 15 is 0 Å². The molecule has 0 spiro atoms. The van der Waals surface area contributed by atoms with E-state index in [2.05, 4.69) is 22.1 Å². The van der Waals surface area contributed by atoms with Crippen molar-refractivity contribution < 1.29 is 9.84 Å². The molecule has 5 heteroatoms. The second-order valence-electron chi connectivity index (χ2n) is 6.69. The Morgan fingerprint density at radius 3 is 2.62 bits per heavy atom. The van der Waals surface area contributed by atoms with Crippen molar-refractivity contribution >= 4 is 10.9 Å². The summed E-state index contributed by atoms with van der Waals surface area (Å²) in [6.07, 6.45) is 1.31. The quantitative estimate of drug-likeness (QED) is 0.882. The summed E-state index contributed by atoms with van der Waals surface area (Å²) < 4.78 is 5.88. The number of benzene rings is 1. The van der Waals surface area contributed by atoms with Crippen molar-refractivity contribution in [1.29, 1.82) is 0 Å². The van der Waals surface area contributed by atoms with Gasteiger partial charge in [0.1, 0.15) is 11.3 Å². The van der Waals surface area contributed by atoms with Gasteiger partial charge in [-0.3, -0.25) is 9.88 Å². The van der Waals surface area contributed by atoms with E-state index in [1.807, 2.05) is 38.1 Å². The predicted octanol–water partition coefficient (Wildman–Crippen LogP) is 2.35. The SMILES string of the molecule is CC(C)Oc1ccc(C(O)C(C)N2CCNCC2)c2cccnc12. The summed E-state index contributed by atoms with van der Waals surface area (Å²) in [5.41, 5.74) is 1.73. The van der Waals surface area contributed by atoms with E-state index in [9.17, 15) is 5.11 Å². The minimum absolute atomic E-state index is 0.0624. The van der Waals surface area contributed by atoms with Crippen LogP contribution in [0.1, 0.15) is 32.4 Å². The second kappa shape index (κ2) is 7.47. The van der Waals surface area contributed by atoms with Gasteiger partial charge in [-0.15, -0.1) is 0 Å². The highest BCUT2D eigenvalue weighted by Gasteiger charge is 2.26. The molecule has 2 atom stereocenters. The van der Waals surface area contributed by atoms with Crippen LogP contribution >= 0.6 is 0 Å². The van der Waals surface area contributed by atoms with Crippen LogP contribution in [0.5, 0.6) is 5.75 Å². The number of aliphatic hydroxyl groups excluding tert-OH is 1. The summed E-state index contributed by atoms with van der Waals surface area (Å²) in [7, 11) is 0. The molecule has 1 fully saturated rings. The van der Waals surface area contributed by atoms with Crippen molar-refractivity contribution in [2.45, 2.75) is 39.0 Å². The fourth-order valence-electron chi connectivity index (χ4n) is 3.32. The monoisotopic (exact) mass is 329 g/mol. The lowest BCUT2D eigenvalue weighted by atomic mass is 9.97. The Balaban J connectivity index is 1.94. The summed E-state index contributed by atoms with van der Waals surface area (Å²) in [5, 5.41) is 15.3. The number of ether oxygens (including phenoxy) is 1. The van der Waals surface area contributed by atoms with Gasteiger partial charge in [-0.1, -0.05) is 12.1 Å². The molecule has 2 N–H and O–H groups in total. The minimum atomic E-state index is -0.553. The first-order valence-corrected chi connectivity index (χ1v) is 8.75. The number of hydrogen-bond acceptors (Lipinski definition) is 5. The number of piperazine rings is 1. The van der Waals surface area contributed by atoms with Gasteiger partial charge in [-0.2, -0.15) is 0 Å². The molecule has 2 heterocycles. The maximum Gasteiger partial charge on any atom is 0.145 e. The number of pyridine rings is 1. The number of fused-ring (bicyclic) bond motifs is 1. The van der Waals surface area contributed by atoms with E-state index in [0.29, 0.717) is 0 Å². The number of hydrogen-bond donors (Lipinski definition) is 2. The Hall–Kier alpha value is -1.69. The van der Waals surface area contributed by atoms with Gasteiger partial charge < -0.3 is 15.2 Å². The predicted molar refractivity (Wildman–Crippen MR) is 96.4 cm³/mol. The standard InChI is InChI=1S/C19H27N3O2/c1-13(2)24-17-7-6-16(15-5-4-8-21-18(15)17)19(23)14(3)22-11-9-20-10-12-22/h4-8,13-14,19-20,23H,9-12H2,1-3H3. The zero-order valence-corrected chi connectivity index (χ0v) is 14.7. The minimum Gasteiger partial charge on any atom is -0.489 e. The first-order valence-electron chi connectivity index (χ1n) is 8.75. The molecule has 1 aliphatic heterocycles. The summed E-state index contributed by atoms with van der Waals surface area (Å²) in [5.74, 6) is 0.770. The first-order chi connectivity index (χ1) is 11.6. The zero-order valence-electron chi connectivity index (χ0n) is 14.7. The molecular formula is C19H27N3O2. The third-order valence-electron chi connectivity index (χ3n) is 4.63. The van der Waals surface area contributed by atoms with Gasteiger partial charge in [0, 0.05) is 43.8 Å². The molecule has 130 valence electrons. The highest BCUT2D eigenvalue weighted by Crippen LogP contribution is 2.33. The van der Waals surface area contributed by atoms with Crippen LogP contribution in [0.2, 0.25) is 0 Å². The molecule has 2 unspecified atom stereocenters. The molecule has 3 rings (SSSR count). The van der Waals surface area contributed by atoms with E-state index in [4.69, 9.17) is 4.74 Å². The Morgan fingerprint density at radius 1 is 1.17 bits per heavy atom. The number of rotatable bonds is 5. The Morgan fingerprint density at radius 2 is 1.92 bits per heavy atom. The largest absolute Gasteiger partial charge is 0.489 e. The van der Waals surface area contributed by atoms with Crippen LogP contribution in [0.25, 0.3) is 10.9 Å². The summed E-state index contributed by atoms with van der Waals surface area (Å²) in [6.45, 7) is 9.97. The van der Waals surface area contributed by atoms with Crippen LogP contribution in [-0.4, -0.2) is 53.3 Å². The summed E-state index contributed by atoms with van der Waals surface area (Å²) in [6, 6.07) is 7.89. The average Bonchev–Trinajstić information content (AvgIpc) is 2.61. The second-order valence-corrected chi connectivity index (χ2v) is 6.69. The lowest BCUT2D eigenvalue weighted by Gasteiger charge is -2.35. The smallest absolute Gasteiger partial charge is 0.145 e. The molecule has 1 aliphatic rings. The third-order valence-corrected chi connectivity index (χ3v) is 4.63. The van der Waals surface area contributed by atoms with Gasteiger partial charge in [0.05, 0.1) is 12.2 Å². The zero-order chi connectivity index (χ0) is 17.1. The van der Waals surface area contributed by atoms with E-state index in [1.54, 1.807) is 6.20 Å². The van der Waals surface area contributed by atoms with Crippen LogP contribution in [-0.2, 0) is 0 Å². The average molecular weight is 329 g/mol. The van der Waals surface area contributed by atoms with Crippen molar-refractivity contribution in [3.05, 3.63) is 36.0 Å². The van der Waals surface area contributed by atoms with Crippen LogP contribution < -0.4 is 10.1 Å². The van der Waals surface area contributed by atoms with Gasteiger partial charge in [0.15, 0.2) is 0 Å². The van der Waals surface area contributed by atoms with Crippen molar-refractivity contribution in [2.75, 3.05) is 26.2 Å². The number of aliphatic hydroxyl groups is 1. The molecule has 2 aromatic rings. The van der Waals surface area contributed by atoms with Crippen LogP contribution in [0.3, 0.4) is 0 Å². The highest BCUT2D eigenvalue weighted by atomic mass is 16.5. The highest BCUT2D eigenvalue weighted by molar-refractivity contribution is 5.87. The van der Waals surface area contributed by atoms with Gasteiger partial charge in [-0.25, -0.2) is 0 Å². The van der Waals surface area contributed by atoms with Crippen molar-refractivity contribution in [3.8, 4) is 5.75 Å². The van der Waals surface area contributed by atoms with Gasteiger partial charge in [-0.05, 0) is 38.5 Å². The molecule has 0 aliphatic carbocycles. The Labute approximate surface area is 143 Å². The van der Waals surface area contributed by atoms with Crippen LogP contribution in [0, 0.1) is 0 Å². The van der Waals surface area contributed by atoms with Crippen LogP contribution in [0.4, 0.5) is 0 Å². The molecular weight excluding hydrogens is 302 g/mol. The van der Waals surface area contributed by atoms with Crippen molar-refractivity contribution in [3.63, 3.8) is 0 Å². The third kappa shape index (κ3) is 3.53. The fraction of sp³-hybridized carbons (Fsp3) is 0.526. The number of nitrogens with zero attached hydrogens (tertiary/aromatic N) is 2. The Kier molecular flexibility index (Phi) is 5.33. The first kappa shape index (κ1) is 17.1. The summed E-state index contributed by atoms with van der Waals surface area (Å²) >= 11 is 0. The van der Waals surface area contributed by atoms with E-state index in [0.717, 1.165) is 48.4 Å². The maximum atomic E-state index is 11.0. The molecule has 0 amide bonds. The van der Waals surface area contributed by atoms with Crippen molar-refractivity contribution in [1.82, 2.24) is 15.2 Å². The normalized spacial score (nSPS) is 18.7. The maximum absolute atomic E-state index is 11.0. The van der Waals surface area contributed by atoms with Crippen molar-refractivity contribution in [2.24, 2.45) is 0 Å². The topological polar surface area (TPSA) is 57.6 Å². The van der Waals surface area contributed by atoms with Gasteiger partial charge >= 0.3 is 0 Å². The fourth-order valence-corrected chi connectivity index (χ4v) is 3.32. The molecule has 0 bridgehead atoms. The van der Waals surface area contributed by atoms with Crippen LogP contribution in [0.15, 0.2) is 30.5 Å². The molecule has 5 nitrogen and oxygen atoms in total. The summed E-state index contributed by atoms with van der Waals surface area (Å²) in [4.78, 5) is 6.82. The van der Waals surface area contributed by atoms with E-state index in [-0.39, 0.29) is 12.1 Å². The van der Waals surface area contributed by atoms with Gasteiger partial charge in [0.2, 0.25) is 0 Å². The molecule has 0 saturated carbocycles. The van der Waals surface area contributed by atoms with E-state index in [1.165, 1.54) is 0 Å². The van der Waals surface area contributed by atoms with E-state index < -0.39 is 6.10 Å². The lowest BCUT2D eigenvalue weighted by Crippen LogP contribution is -2.49. The molecule has 24 heavy (non-hydrogen) atoms. The number of nitrogens with one attached hydrogen (secondary N) is 1. The number of aromatic nitrogens is 1. The van der Waals surface area contributed by atoms with Gasteiger partial charge in [0.25, 0.3) is 0 Å². The lowest BCUT2D eigenvalue weighted by molar-refractivity contribution is 0.0518. The molecule has 0 radical (unpaired) electrons. The molecule has 1 saturated heterocycles.